The fourth-order valence-corrected chi connectivity index (χ4v) is 5.14. The number of aromatic carboxylic acids is 1. The molecule has 0 bridgehead atoms. The van der Waals surface area contributed by atoms with Crippen LogP contribution < -0.4 is 9.47 Å². The lowest BCUT2D eigenvalue weighted by Gasteiger charge is -2.33. The van der Waals surface area contributed by atoms with Crippen molar-refractivity contribution in [1.82, 2.24) is 0 Å². The first-order valence-corrected chi connectivity index (χ1v) is 11.1. The zero-order chi connectivity index (χ0) is 21.8. The minimum absolute atomic E-state index is 0.252. The van der Waals surface area contributed by atoms with Crippen molar-refractivity contribution in [1.29, 1.82) is 0 Å². The highest BCUT2D eigenvalue weighted by Gasteiger charge is 2.41. The lowest BCUT2D eigenvalue weighted by molar-refractivity contribution is 0.0697. The molecular weight excluding hydrogens is 446 g/mol. The molecule has 2 aromatic rings. The number of hydrogen-bond acceptors (Lipinski definition) is 4. The van der Waals surface area contributed by atoms with Gasteiger partial charge in [-0.1, -0.05) is 28.1 Å². The van der Waals surface area contributed by atoms with Gasteiger partial charge < -0.3 is 14.6 Å². The van der Waals surface area contributed by atoms with Crippen LogP contribution in [-0.2, 0) is 18.2 Å². The molecule has 0 amide bonds. The van der Waals surface area contributed by atoms with E-state index in [2.05, 4.69) is 43.6 Å². The number of benzene rings is 2. The molecule has 2 aliphatic rings. The number of methoxy groups -OCH3 is 1. The first kappa shape index (κ1) is 20.9. The summed E-state index contributed by atoms with van der Waals surface area (Å²) in [6, 6.07) is 7.02. The van der Waals surface area contributed by atoms with E-state index in [0.717, 1.165) is 52.3 Å². The van der Waals surface area contributed by atoms with Crippen LogP contribution in [0.2, 0.25) is 0 Å². The van der Waals surface area contributed by atoms with Gasteiger partial charge in [-0.3, -0.25) is 4.99 Å². The van der Waals surface area contributed by atoms with Crippen molar-refractivity contribution in [3.63, 3.8) is 0 Å². The van der Waals surface area contributed by atoms with E-state index in [0.29, 0.717) is 5.33 Å². The number of aliphatic imine (C=N–C) groups is 1. The van der Waals surface area contributed by atoms with Crippen LogP contribution in [0.15, 0.2) is 29.3 Å². The number of carboxylic acid groups (broad SMARTS) is 1. The van der Waals surface area contributed by atoms with Crippen molar-refractivity contribution in [2.24, 2.45) is 4.99 Å². The summed E-state index contributed by atoms with van der Waals surface area (Å²) in [6.45, 7) is 8.35. The smallest absolute Gasteiger partial charge is 0.335 e. The van der Waals surface area contributed by atoms with Gasteiger partial charge in [0, 0.05) is 34.0 Å². The number of ether oxygens (including phenoxy) is 2. The van der Waals surface area contributed by atoms with Crippen LogP contribution in [0.4, 0.5) is 0 Å². The van der Waals surface area contributed by atoms with Gasteiger partial charge in [-0.05, 0) is 51.8 Å². The maximum atomic E-state index is 11.6. The molecular formula is C24H26BrNO4. The van der Waals surface area contributed by atoms with Gasteiger partial charge in [0.05, 0.1) is 23.9 Å². The Morgan fingerprint density at radius 1 is 1.23 bits per heavy atom. The van der Waals surface area contributed by atoms with E-state index in [1.54, 1.807) is 25.3 Å². The summed E-state index contributed by atoms with van der Waals surface area (Å²) in [5.41, 5.74) is 5.62. The van der Waals surface area contributed by atoms with Crippen LogP contribution in [0.5, 0.6) is 11.5 Å². The molecule has 0 aliphatic carbocycles. The molecule has 0 atom stereocenters. The predicted octanol–water partition coefficient (Wildman–Crippen LogP) is 5.17. The molecule has 0 saturated heterocycles. The van der Waals surface area contributed by atoms with Gasteiger partial charge in [0.25, 0.3) is 0 Å². The van der Waals surface area contributed by atoms with Crippen LogP contribution in [0, 0.1) is 0 Å². The molecule has 5 nitrogen and oxygen atoms in total. The van der Waals surface area contributed by atoms with Crippen molar-refractivity contribution in [2.45, 2.75) is 57.0 Å². The van der Waals surface area contributed by atoms with Crippen LogP contribution in [0.3, 0.4) is 0 Å². The zero-order valence-corrected chi connectivity index (χ0v) is 19.5. The Morgan fingerprint density at radius 3 is 2.60 bits per heavy atom. The van der Waals surface area contributed by atoms with Gasteiger partial charge in [0.15, 0.2) is 11.5 Å². The average Bonchev–Trinajstić information content (AvgIpc) is 3.00. The van der Waals surface area contributed by atoms with Crippen molar-refractivity contribution < 1.29 is 19.4 Å². The first-order valence-electron chi connectivity index (χ1n) is 10.0. The molecule has 4 rings (SSSR count). The highest BCUT2D eigenvalue weighted by Crippen LogP contribution is 2.50. The van der Waals surface area contributed by atoms with Crippen molar-refractivity contribution >= 4 is 27.6 Å². The Kier molecular flexibility index (Phi) is 4.96. The monoisotopic (exact) mass is 471 g/mol. The van der Waals surface area contributed by atoms with E-state index in [4.69, 9.17) is 14.5 Å². The summed E-state index contributed by atoms with van der Waals surface area (Å²) in [7, 11) is 1.68. The van der Waals surface area contributed by atoms with Crippen molar-refractivity contribution in [3.8, 4) is 11.5 Å². The van der Waals surface area contributed by atoms with Gasteiger partial charge >= 0.3 is 5.97 Å². The number of hydrogen-bond donors (Lipinski definition) is 1. The van der Waals surface area contributed by atoms with Crippen LogP contribution >= 0.6 is 15.9 Å². The first-order chi connectivity index (χ1) is 14.1. The second-order valence-corrected chi connectivity index (χ2v) is 9.74. The summed E-state index contributed by atoms with van der Waals surface area (Å²) >= 11 is 3.66. The summed E-state index contributed by atoms with van der Waals surface area (Å²) in [4.78, 5) is 16.7. The van der Waals surface area contributed by atoms with Crippen LogP contribution in [0.1, 0.15) is 65.9 Å². The van der Waals surface area contributed by atoms with Crippen LogP contribution in [-0.4, -0.2) is 35.0 Å². The number of carbonyl (C=O) groups is 1. The van der Waals surface area contributed by atoms with E-state index >= 15 is 0 Å². The molecule has 2 aliphatic heterocycles. The van der Waals surface area contributed by atoms with Crippen molar-refractivity contribution in [2.75, 3.05) is 7.11 Å². The number of nitrogens with zero attached hydrogens (tertiary/aromatic N) is 1. The quantitative estimate of drug-likeness (QED) is 0.624. The zero-order valence-electron chi connectivity index (χ0n) is 17.9. The summed E-state index contributed by atoms with van der Waals surface area (Å²) in [5, 5.41) is 10.1. The Balaban J connectivity index is 2.06. The molecule has 2 heterocycles. The minimum atomic E-state index is -0.946. The Morgan fingerprint density at radius 2 is 1.97 bits per heavy atom. The fraction of sp³-hybridized carbons (Fsp3) is 0.417. The van der Waals surface area contributed by atoms with Crippen molar-refractivity contribution in [3.05, 3.63) is 57.6 Å². The van der Waals surface area contributed by atoms with E-state index in [1.165, 1.54) is 5.56 Å². The predicted molar refractivity (Wildman–Crippen MR) is 121 cm³/mol. The molecule has 2 aromatic carbocycles. The normalized spacial score (nSPS) is 18.1. The molecule has 0 spiro atoms. The molecule has 158 valence electrons. The topological polar surface area (TPSA) is 68.1 Å². The van der Waals surface area contributed by atoms with Gasteiger partial charge in [-0.2, -0.15) is 0 Å². The van der Waals surface area contributed by atoms with Gasteiger partial charge in [0.2, 0.25) is 0 Å². The summed E-state index contributed by atoms with van der Waals surface area (Å²) in [6.07, 6.45) is 1.51. The molecule has 1 N–H and O–H groups in total. The second-order valence-electron chi connectivity index (χ2n) is 9.18. The number of rotatable bonds is 4. The Labute approximate surface area is 185 Å². The molecule has 30 heavy (non-hydrogen) atoms. The van der Waals surface area contributed by atoms with E-state index < -0.39 is 5.97 Å². The van der Waals surface area contributed by atoms with E-state index in [1.807, 2.05) is 6.07 Å². The standard InChI is InChI=1S/C24H26BrNO4/c1-23(2)10-15-17(12-25)20(29-5)21-16(11-24(3,4)30-21)18(15)19(26-23)13-7-6-8-14(9-13)22(27)28/h6-9H,10-12H2,1-5H3,(H,27,28). The average molecular weight is 472 g/mol. The number of alkyl halides is 1. The molecule has 6 heteroatoms. The number of halogens is 1. The fourth-order valence-electron chi connectivity index (χ4n) is 4.55. The minimum Gasteiger partial charge on any atom is -0.493 e. The molecule has 0 saturated carbocycles. The lowest BCUT2D eigenvalue weighted by atomic mass is 9.78. The Bertz CT molecular complexity index is 1090. The summed E-state index contributed by atoms with van der Waals surface area (Å²) in [5.74, 6) is 0.610. The van der Waals surface area contributed by atoms with Crippen LogP contribution in [0.25, 0.3) is 0 Å². The molecule has 0 aromatic heterocycles. The SMILES string of the molecule is COc1c(CBr)c2c(c3c1OC(C)(C)C3)C(c1cccc(C(=O)O)c1)=NC(C)(C)C2. The maximum Gasteiger partial charge on any atom is 0.335 e. The third-order valence-corrected chi connectivity index (χ3v) is 6.25. The molecule has 0 radical (unpaired) electrons. The highest BCUT2D eigenvalue weighted by atomic mass is 79.9. The third kappa shape index (κ3) is 3.41. The second kappa shape index (κ2) is 7.12. The van der Waals surface area contributed by atoms with Gasteiger partial charge in [0.1, 0.15) is 5.60 Å². The Hall–Kier alpha value is -2.34. The maximum absolute atomic E-state index is 11.6. The number of carboxylic acids is 1. The van der Waals surface area contributed by atoms with Gasteiger partial charge in [-0.15, -0.1) is 0 Å². The van der Waals surface area contributed by atoms with E-state index in [9.17, 15) is 9.90 Å². The van der Waals surface area contributed by atoms with Gasteiger partial charge in [-0.25, -0.2) is 4.79 Å². The largest absolute Gasteiger partial charge is 0.493 e. The molecule has 0 unspecified atom stereocenters. The number of fused-ring (bicyclic) bond motifs is 3. The highest BCUT2D eigenvalue weighted by molar-refractivity contribution is 9.08. The van der Waals surface area contributed by atoms with E-state index in [-0.39, 0.29) is 16.7 Å². The lowest BCUT2D eigenvalue weighted by Crippen LogP contribution is -2.31. The molecule has 0 fully saturated rings. The summed E-state index contributed by atoms with van der Waals surface area (Å²) < 4.78 is 12.2. The third-order valence-electron chi connectivity index (χ3n) is 5.68.